The maximum atomic E-state index is 13.8. The molecule has 2 N–H and O–H groups in total. The van der Waals surface area contributed by atoms with Crippen LogP contribution in [-0.2, 0) is 4.79 Å². The van der Waals surface area contributed by atoms with Gasteiger partial charge in [0.2, 0.25) is 11.8 Å². The minimum absolute atomic E-state index is 0.0382. The van der Waals surface area contributed by atoms with Crippen molar-refractivity contribution in [3.05, 3.63) is 64.5 Å². The van der Waals surface area contributed by atoms with Gasteiger partial charge in [0.25, 0.3) is 11.8 Å². The smallest absolute Gasteiger partial charge is 0.310 e. The number of amides is 2. The first-order valence-electron chi connectivity index (χ1n) is 11.9. The van der Waals surface area contributed by atoms with Crippen molar-refractivity contribution in [2.75, 3.05) is 32.1 Å². The second kappa shape index (κ2) is 11.1. The lowest BCUT2D eigenvalue weighted by atomic mass is 9.97. The van der Waals surface area contributed by atoms with E-state index >= 15 is 0 Å². The van der Waals surface area contributed by atoms with Crippen molar-refractivity contribution in [2.24, 2.45) is 0 Å². The van der Waals surface area contributed by atoms with Gasteiger partial charge < -0.3 is 24.7 Å². The highest BCUT2D eigenvalue weighted by Crippen LogP contribution is 2.26. The lowest BCUT2D eigenvalue weighted by molar-refractivity contribution is -0.122. The quantitative estimate of drug-likeness (QED) is 0.459. The van der Waals surface area contributed by atoms with Gasteiger partial charge >= 0.3 is 5.56 Å². The third-order valence-electron chi connectivity index (χ3n) is 6.26. The number of aromatic nitrogens is 4. The second-order valence-electron chi connectivity index (χ2n) is 9.45. The Balaban J connectivity index is 1.36. The molecule has 1 aliphatic heterocycles. The SMILES string of the molecule is COc1nc(C(=O)N2CCN([C@@H](C)C(=O)Nc3cnc(Oc4ccc(F)cc4F)cn3)CC2(C)C)c[nH]c1=O. The molecule has 0 saturated carbocycles. The highest BCUT2D eigenvalue weighted by Gasteiger charge is 2.40. The first-order chi connectivity index (χ1) is 18.5. The van der Waals surface area contributed by atoms with Gasteiger partial charge in [-0.25, -0.2) is 23.7 Å². The van der Waals surface area contributed by atoms with E-state index in [2.05, 4.69) is 25.3 Å². The molecule has 0 unspecified atom stereocenters. The monoisotopic (exact) mass is 543 g/mol. The largest absolute Gasteiger partial charge is 0.477 e. The number of nitrogens with one attached hydrogen (secondary N) is 2. The molecule has 1 aliphatic rings. The molecule has 3 aromatic rings. The number of benzene rings is 1. The summed E-state index contributed by atoms with van der Waals surface area (Å²) in [5, 5.41) is 2.68. The fraction of sp³-hybridized carbons (Fsp3) is 0.360. The standard InChI is InChI=1S/C25H27F2N7O5/c1-14(21(35)32-19-11-29-20(12-28-19)39-18-6-5-15(26)9-16(18)27)33-7-8-34(25(2,3)13-33)24(37)17-10-30-22(36)23(31-17)38-4/h5-6,9-12,14H,7-8,13H2,1-4H3,(H,30,36)(H,28,32,35)/t14-/m0/s1. The Hall–Kier alpha value is -4.46. The normalized spacial score (nSPS) is 15.9. The number of hydrogen-bond donors (Lipinski definition) is 2. The van der Waals surface area contributed by atoms with Crippen molar-refractivity contribution in [1.82, 2.24) is 29.7 Å². The van der Waals surface area contributed by atoms with E-state index in [1.807, 2.05) is 18.7 Å². The highest BCUT2D eigenvalue weighted by molar-refractivity contribution is 5.94. The van der Waals surface area contributed by atoms with Gasteiger partial charge in [-0.15, -0.1) is 0 Å². The van der Waals surface area contributed by atoms with Crippen LogP contribution in [0.25, 0.3) is 0 Å². The minimum Gasteiger partial charge on any atom is -0.477 e. The molecule has 206 valence electrons. The Morgan fingerprint density at radius 1 is 1.18 bits per heavy atom. The van der Waals surface area contributed by atoms with Gasteiger partial charge in [-0.3, -0.25) is 19.3 Å². The molecule has 0 spiro atoms. The van der Waals surface area contributed by atoms with Crippen LogP contribution in [0.5, 0.6) is 17.5 Å². The van der Waals surface area contributed by atoms with Crippen LogP contribution in [0, 0.1) is 11.6 Å². The maximum absolute atomic E-state index is 13.8. The van der Waals surface area contributed by atoms with E-state index in [1.54, 1.807) is 11.8 Å². The molecule has 0 aliphatic carbocycles. The first-order valence-corrected chi connectivity index (χ1v) is 11.9. The number of carbonyl (C=O) groups excluding carboxylic acids is 2. The number of hydrogen-bond acceptors (Lipinski definition) is 9. The Labute approximate surface area is 222 Å². The molecule has 4 rings (SSSR count). The van der Waals surface area contributed by atoms with Gasteiger partial charge in [0.1, 0.15) is 11.5 Å². The fourth-order valence-electron chi connectivity index (χ4n) is 4.17. The van der Waals surface area contributed by atoms with Crippen LogP contribution in [-0.4, -0.2) is 79.9 Å². The Morgan fingerprint density at radius 3 is 2.59 bits per heavy atom. The average Bonchev–Trinajstić information content (AvgIpc) is 2.90. The molecule has 2 amide bonds. The maximum Gasteiger partial charge on any atom is 0.310 e. The molecule has 1 aromatic carbocycles. The zero-order valence-corrected chi connectivity index (χ0v) is 21.7. The molecule has 39 heavy (non-hydrogen) atoms. The lowest BCUT2D eigenvalue weighted by Gasteiger charge is -2.48. The topological polar surface area (TPSA) is 143 Å². The summed E-state index contributed by atoms with van der Waals surface area (Å²) in [5.74, 6) is -2.63. The minimum atomic E-state index is -0.887. The van der Waals surface area contributed by atoms with Crippen LogP contribution < -0.4 is 20.3 Å². The van der Waals surface area contributed by atoms with Crippen LogP contribution in [0.4, 0.5) is 14.6 Å². The van der Waals surface area contributed by atoms with E-state index in [0.29, 0.717) is 25.7 Å². The third-order valence-corrected chi connectivity index (χ3v) is 6.26. The number of nitrogens with zero attached hydrogens (tertiary/aromatic N) is 5. The van der Waals surface area contributed by atoms with Gasteiger partial charge in [0.15, 0.2) is 17.4 Å². The fourth-order valence-corrected chi connectivity index (χ4v) is 4.17. The predicted octanol–water partition coefficient (Wildman–Crippen LogP) is 2.20. The van der Waals surface area contributed by atoms with Crippen molar-refractivity contribution >= 4 is 17.6 Å². The van der Waals surface area contributed by atoms with Crippen LogP contribution in [0.3, 0.4) is 0 Å². The van der Waals surface area contributed by atoms with Crippen LogP contribution in [0.15, 0.2) is 41.6 Å². The van der Waals surface area contributed by atoms with Crippen molar-refractivity contribution in [3.63, 3.8) is 0 Å². The third kappa shape index (κ3) is 6.17. The summed E-state index contributed by atoms with van der Waals surface area (Å²) in [6.45, 7) is 6.59. The Morgan fingerprint density at radius 2 is 1.95 bits per heavy atom. The van der Waals surface area contributed by atoms with Crippen molar-refractivity contribution in [3.8, 4) is 17.5 Å². The van der Waals surface area contributed by atoms with Crippen LogP contribution >= 0.6 is 0 Å². The second-order valence-corrected chi connectivity index (χ2v) is 9.45. The Kier molecular flexibility index (Phi) is 7.85. The molecule has 1 atom stereocenters. The summed E-state index contributed by atoms with van der Waals surface area (Å²) in [6.07, 6.45) is 3.71. The van der Waals surface area contributed by atoms with E-state index in [1.165, 1.54) is 25.7 Å². The number of anilines is 1. The molecule has 1 fully saturated rings. The highest BCUT2D eigenvalue weighted by atomic mass is 19.1. The summed E-state index contributed by atoms with van der Waals surface area (Å²) in [7, 11) is 1.30. The van der Waals surface area contributed by atoms with E-state index in [9.17, 15) is 23.2 Å². The summed E-state index contributed by atoms with van der Waals surface area (Å²) < 4.78 is 37.0. The first kappa shape index (κ1) is 27.6. The van der Waals surface area contributed by atoms with Crippen molar-refractivity contribution in [1.29, 1.82) is 0 Å². The van der Waals surface area contributed by atoms with Crippen LogP contribution in [0.1, 0.15) is 31.3 Å². The summed E-state index contributed by atoms with van der Waals surface area (Å²) in [6, 6.07) is 2.30. The number of methoxy groups -OCH3 is 1. The van der Waals surface area contributed by atoms with E-state index in [4.69, 9.17) is 9.47 Å². The zero-order valence-electron chi connectivity index (χ0n) is 21.7. The molecular weight excluding hydrogens is 516 g/mol. The van der Waals surface area contributed by atoms with Gasteiger partial charge in [0, 0.05) is 31.9 Å². The number of piperazine rings is 1. The molecule has 0 bridgehead atoms. The number of ether oxygens (including phenoxy) is 2. The number of rotatable bonds is 7. The summed E-state index contributed by atoms with van der Waals surface area (Å²) >= 11 is 0. The van der Waals surface area contributed by atoms with Crippen LogP contribution in [0.2, 0.25) is 0 Å². The molecule has 0 radical (unpaired) electrons. The molecule has 12 nitrogen and oxygen atoms in total. The van der Waals surface area contributed by atoms with Crippen molar-refractivity contribution in [2.45, 2.75) is 32.4 Å². The molecule has 2 aromatic heterocycles. The molecule has 3 heterocycles. The van der Waals surface area contributed by atoms with Crippen molar-refractivity contribution < 1.29 is 27.8 Å². The average molecular weight is 544 g/mol. The van der Waals surface area contributed by atoms with Gasteiger partial charge in [-0.2, -0.15) is 0 Å². The lowest BCUT2D eigenvalue weighted by Crippen LogP contribution is -2.63. The van der Waals surface area contributed by atoms with Gasteiger partial charge in [-0.1, -0.05) is 0 Å². The Bertz CT molecular complexity index is 1430. The number of halogens is 2. The molecule has 14 heteroatoms. The number of H-pyrrole nitrogens is 1. The number of carbonyl (C=O) groups is 2. The van der Waals surface area contributed by atoms with Gasteiger partial charge in [0.05, 0.1) is 31.1 Å². The van der Waals surface area contributed by atoms with E-state index in [0.717, 1.165) is 12.1 Å². The summed E-state index contributed by atoms with van der Waals surface area (Å²) in [4.78, 5) is 55.9. The van der Waals surface area contributed by atoms with E-state index in [-0.39, 0.29) is 40.8 Å². The van der Waals surface area contributed by atoms with Gasteiger partial charge in [-0.05, 0) is 32.9 Å². The predicted molar refractivity (Wildman–Crippen MR) is 135 cm³/mol. The number of aromatic amines is 1. The zero-order chi connectivity index (χ0) is 28.3. The molecular formula is C25H27F2N7O5. The van der Waals surface area contributed by atoms with E-state index < -0.39 is 28.8 Å². The molecule has 1 saturated heterocycles. The summed E-state index contributed by atoms with van der Waals surface area (Å²) in [5.41, 5.74) is -1.15.